The molecular weight excluding hydrogens is 643 g/mol. The highest BCUT2D eigenvalue weighted by molar-refractivity contribution is 6.74. The van der Waals surface area contributed by atoms with Crippen LogP contribution in [-0.4, -0.2) is 89.5 Å². The summed E-state index contributed by atoms with van der Waals surface area (Å²) >= 11 is 6.33. The third-order valence-corrected chi connectivity index (χ3v) is 13.0. The molecule has 0 spiro atoms. The van der Waals surface area contributed by atoms with Crippen molar-refractivity contribution in [2.24, 2.45) is 0 Å². The number of carbonyl (C=O) groups excluding carboxylic acids is 1. The highest BCUT2D eigenvalue weighted by Gasteiger charge is 2.37. The molecule has 0 saturated heterocycles. The Kier molecular flexibility index (Phi) is 12.8. The SMILES string of the molecule is CCN(C(=O)N[C@@H](CCC(F)(F)F)COCCCO[Si](C)(C)C(C)(C)C)[C@H](C)c1cc(-c2cn3ncnc3c(Cl)n2)c(OC)cn1. The predicted molar refractivity (Wildman–Crippen MR) is 173 cm³/mol. The molecule has 3 aromatic heterocycles. The standard InChI is InChI=1S/C30H45ClF3N7O4Si/c1-9-40(20(2)23-15-22(25(43-6)16-35-23)24-17-41-27(26(31)39-24)36-19-37-41)28(42)38-21(11-12-30(32,33)34)18-44-13-10-14-45-46(7,8)29(3,4)5/h15-17,19-21H,9-14,18H2,1-8H3,(H,38,42)/t20-,21+/m1/s1. The molecule has 0 fully saturated rings. The van der Waals surface area contributed by atoms with E-state index in [9.17, 15) is 18.0 Å². The molecule has 16 heteroatoms. The lowest BCUT2D eigenvalue weighted by atomic mass is 10.1. The van der Waals surface area contributed by atoms with E-state index >= 15 is 0 Å². The van der Waals surface area contributed by atoms with Crippen molar-refractivity contribution in [3.05, 3.63) is 35.6 Å². The minimum Gasteiger partial charge on any atom is -0.494 e. The smallest absolute Gasteiger partial charge is 0.389 e. The molecule has 0 radical (unpaired) electrons. The third-order valence-electron chi connectivity index (χ3n) is 8.23. The average molecular weight is 688 g/mol. The first-order valence-corrected chi connectivity index (χ1v) is 18.5. The second-order valence-electron chi connectivity index (χ2n) is 12.6. The van der Waals surface area contributed by atoms with Gasteiger partial charge in [0.05, 0.1) is 49.6 Å². The maximum absolute atomic E-state index is 13.5. The molecule has 11 nitrogen and oxygen atoms in total. The quantitative estimate of drug-likeness (QED) is 0.133. The zero-order chi connectivity index (χ0) is 34.3. The number of hydrogen-bond acceptors (Lipinski definition) is 8. The fraction of sp³-hybridized carbons (Fsp3) is 0.633. The predicted octanol–water partition coefficient (Wildman–Crippen LogP) is 7.08. The zero-order valence-corrected chi connectivity index (χ0v) is 29.5. The van der Waals surface area contributed by atoms with E-state index in [0.717, 1.165) is 0 Å². The van der Waals surface area contributed by atoms with Crippen LogP contribution in [0.25, 0.3) is 16.9 Å². The number of methoxy groups -OCH3 is 1. The van der Waals surface area contributed by atoms with Gasteiger partial charge in [-0.1, -0.05) is 32.4 Å². The summed E-state index contributed by atoms with van der Waals surface area (Å²) < 4.78 is 58.3. The molecule has 0 aliphatic rings. The molecule has 0 saturated carbocycles. The monoisotopic (exact) mass is 687 g/mol. The number of carbonyl (C=O) groups is 1. The van der Waals surface area contributed by atoms with Crippen molar-refractivity contribution < 1.29 is 31.9 Å². The molecule has 0 aliphatic carbocycles. The second-order valence-corrected chi connectivity index (χ2v) is 17.7. The van der Waals surface area contributed by atoms with E-state index in [0.29, 0.717) is 48.0 Å². The summed E-state index contributed by atoms with van der Waals surface area (Å²) in [4.78, 5) is 28.0. The van der Waals surface area contributed by atoms with E-state index in [-0.39, 0.29) is 29.8 Å². The number of aromatic nitrogens is 5. The number of hydrogen-bond donors (Lipinski definition) is 1. The summed E-state index contributed by atoms with van der Waals surface area (Å²) in [6, 6.07) is -0.207. The average Bonchev–Trinajstić information content (AvgIpc) is 3.46. The van der Waals surface area contributed by atoms with E-state index < -0.39 is 39.0 Å². The topological polar surface area (TPSA) is 116 Å². The second kappa shape index (κ2) is 15.7. The number of alkyl halides is 3. The van der Waals surface area contributed by atoms with Gasteiger partial charge in [0.1, 0.15) is 12.1 Å². The van der Waals surface area contributed by atoms with Crippen molar-refractivity contribution in [3.8, 4) is 17.0 Å². The molecule has 3 rings (SSSR count). The molecule has 0 unspecified atom stereocenters. The summed E-state index contributed by atoms with van der Waals surface area (Å²) in [5, 5.41) is 7.11. The molecule has 0 bridgehead atoms. The Bertz CT molecular complexity index is 1450. The van der Waals surface area contributed by atoms with Gasteiger partial charge in [-0.3, -0.25) is 4.98 Å². The molecule has 2 atom stereocenters. The number of halogens is 4. The van der Waals surface area contributed by atoms with Crippen LogP contribution in [0.4, 0.5) is 18.0 Å². The number of urea groups is 1. The van der Waals surface area contributed by atoms with Crippen LogP contribution in [0.15, 0.2) is 24.8 Å². The maximum atomic E-state index is 13.5. The maximum Gasteiger partial charge on any atom is 0.389 e. The fourth-order valence-corrected chi connectivity index (χ4v) is 5.76. The first kappa shape index (κ1) is 37.4. The first-order valence-electron chi connectivity index (χ1n) is 15.2. The Morgan fingerprint density at radius 3 is 2.54 bits per heavy atom. The lowest BCUT2D eigenvalue weighted by molar-refractivity contribution is -0.137. The summed E-state index contributed by atoms with van der Waals surface area (Å²) in [5.41, 5.74) is 1.91. The van der Waals surface area contributed by atoms with Gasteiger partial charge in [0.15, 0.2) is 19.1 Å². The molecule has 2 amide bonds. The van der Waals surface area contributed by atoms with Crippen LogP contribution < -0.4 is 10.1 Å². The van der Waals surface area contributed by atoms with Crippen molar-refractivity contribution >= 4 is 31.6 Å². The lowest BCUT2D eigenvalue weighted by Crippen LogP contribution is -2.47. The van der Waals surface area contributed by atoms with Crippen molar-refractivity contribution in [2.45, 2.75) is 90.3 Å². The molecular formula is C30H45ClF3N7O4Si. The molecule has 0 aromatic carbocycles. The van der Waals surface area contributed by atoms with Crippen LogP contribution in [0.2, 0.25) is 23.3 Å². The van der Waals surface area contributed by atoms with Gasteiger partial charge in [0.25, 0.3) is 0 Å². The normalized spacial score (nSPS) is 13.9. The van der Waals surface area contributed by atoms with Gasteiger partial charge < -0.3 is 24.1 Å². The third kappa shape index (κ3) is 9.99. The molecule has 3 aromatic rings. The van der Waals surface area contributed by atoms with Gasteiger partial charge in [-0.2, -0.15) is 18.3 Å². The summed E-state index contributed by atoms with van der Waals surface area (Å²) in [5.74, 6) is 0.422. The Morgan fingerprint density at radius 1 is 1.20 bits per heavy atom. The lowest BCUT2D eigenvalue weighted by Gasteiger charge is -2.36. The summed E-state index contributed by atoms with van der Waals surface area (Å²) in [6.45, 7) is 15.4. The fourth-order valence-electron chi connectivity index (χ4n) is 4.45. The largest absolute Gasteiger partial charge is 0.494 e. The summed E-state index contributed by atoms with van der Waals surface area (Å²) in [6.07, 6.45) is -0.610. The minimum absolute atomic E-state index is 0.0596. The molecule has 3 heterocycles. The molecule has 46 heavy (non-hydrogen) atoms. The van der Waals surface area contributed by atoms with Crippen molar-refractivity contribution in [1.29, 1.82) is 0 Å². The van der Waals surface area contributed by atoms with Gasteiger partial charge in [0, 0.05) is 31.7 Å². The van der Waals surface area contributed by atoms with Crippen LogP contribution in [0.1, 0.15) is 65.6 Å². The molecule has 1 N–H and O–H groups in total. The van der Waals surface area contributed by atoms with E-state index in [2.05, 4.69) is 59.2 Å². The first-order chi connectivity index (χ1) is 21.5. The van der Waals surface area contributed by atoms with Crippen LogP contribution in [0.3, 0.4) is 0 Å². The Labute approximate surface area is 274 Å². The number of nitrogens with zero attached hydrogens (tertiary/aromatic N) is 6. The van der Waals surface area contributed by atoms with Gasteiger partial charge in [-0.25, -0.2) is 19.3 Å². The van der Waals surface area contributed by atoms with Crippen LogP contribution in [0, 0.1) is 0 Å². The molecule has 0 aliphatic heterocycles. The van der Waals surface area contributed by atoms with Crippen molar-refractivity contribution in [3.63, 3.8) is 0 Å². The highest BCUT2D eigenvalue weighted by Crippen LogP contribution is 2.36. The number of amides is 2. The number of rotatable bonds is 15. The number of nitrogens with one attached hydrogen (secondary N) is 1. The van der Waals surface area contributed by atoms with E-state index in [1.165, 1.54) is 29.0 Å². The van der Waals surface area contributed by atoms with Crippen molar-refractivity contribution in [1.82, 2.24) is 34.8 Å². The molecule has 256 valence electrons. The Hall–Kier alpha value is -3.01. The minimum atomic E-state index is -4.37. The number of pyridine rings is 1. The Balaban J connectivity index is 1.71. The van der Waals surface area contributed by atoms with Gasteiger partial charge in [0.2, 0.25) is 0 Å². The van der Waals surface area contributed by atoms with E-state index in [1.54, 1.807) is 26.1 Å². The van der Waals surface area contributed by atoms with E-state index in [4.69, 9.17) is 25.5 Å². The van der Waals surface area contributed by atoms with Crippen LogP contribution in [-0.2, 0) is 9.16 Å². The van der Waals surface area contributed by atoms with Crippen LogP contribution >= 0.6 is 11.6 Å². The van der Waals surface area contributed by atoms with Crippen LogP contribution in [0.5, 0.6) is 5.75 Å². The van der Waals surface area contributed by atoms with Gasteiger partial charge >= 0.3 is 12.2 Å². The summed E-state index contributed by atoms with van der Waals surface area (Å²) in [7, 11) is -0.413. The van der Waals surface area contributed by atoms with E-state index in [1.807, 2.05) is 0 Å². The van der Waals surface area contributed by atoms with Gasteiger partial charge in [-0.05, 0) is 50.9 Å². The number of fused-ring (bicyclic) bond motifs is 1. The number of ether oxygens (including phenoxy) is 2. The van der Waals surface area contributed by atoms with Gasteiger partial charge in [-0.15, -0.1) is 0 Å². The highest BCUT2D eigenvalue weighted by atomic mass is 35.5. The zero-order valence-electron chi connectivity index (χ0n) is 27.7. The van der Waals surface area contributed by atoms with Crippen molar-refractivity contribution in [2.75, 3.05) is 33.5 Å². The Morgan fingerprint density at radius 2 is 1.91 bits per heavy atom.